The lowest BCUT2D eigenvalue weighted by Crippen LogP contribution is -2.14. The monoisotopic (exact) mass is 402 g/mol. The molecule has 0 saturated carbocycles. The van der Waals surface area contributed by atoms with Crippen molar-refractivity contribution in [3.05, 3.63) is 54.1 Å². The molecule has 4 N–H and O–H groups in total. The van der Waals surface area contributed by atoms with Gasteiger partial charge in [-0.05, 0) is 42.5 Å². The smallest absolute Gasteiger partial charge is 0.335 e. The fourth-order valence-electron chi connectivity index (χ4n) is 2.15. The van der Waals surface area contributed by atoms with Crippen molar-refractivity contribution in [1.29, 1.82) is 0 Å². The van der Waals surface area contributed by atoms with Crippen LogP contribution in [0.3, 0.4) is 0 Å². The summed E-state index contributed by atoms with van der Waals surface area (Å²) in [5.74, 6) is -2.64. The number of aromatic carboxylic acids is 1. The van der Waals surface area contributed by atoms with Crippen LogP contribution < -0.4 is 10.6 Å². The number of carboxylic acid groups (broad SMARTS) is 2. The standard InChI is InChI=1S/C19H18N2O6S/c22-16(8-9-18(24)25)20-13-4-6-15(7-5-13)28-11-17(23)21-14-3-1-2-12(10-14)19(26)27/h1-7,10H,8-9,11H2,(H,20,22)(H,21,23)(H,24,25)(H,26,27). The number of thioether (sulfide) groups is 1. The van der Waals surface area contributed by atoms with Crippen molar-refractivity contribution in [3.63, 3.8) is 0 Å². The Morgan fingerprint density at radius 3 is 2.14 bits per heavy atom. The van der Waals surface area contributed by atoms with Crippen LogP contribution in [0.5, 0.6) is 0 Å². The van der Waals surface area contributed by atoms with Gasteiger partial charge in [-0.15, -0.1) is 11.8 Å². The third-order valence-corrected chi connectivity index (χ3v) is 4.48. The van der Waals surface area contributed by atoms with Crippen LogP contribution in [0.2, 0.25) is 0 Å². The molecule has 0 saturated heterocycles. The predicted octanol–water partition coefficient (Wildman–Crippen LogP) is 2.92. The minimum atomic E-state index is -1.07. The molecular weight excluding hydrogens is 384 g/mol. The molecule has 2 aromatic rings. The normalized spacial score (nSPS) is 10.1. The van der Waals surface area contributed by atoms with E-state index in [0.717, 1.165) is 4.90 Å². The molecule has 0 bridgehead atoms. The van der Waals surface area contributed by atoms with Crippen LogP contribution in [0.25, 0.3) is 0 Å². The molecule has 0 aromatic heterocycles. The van der Waals surface area contributed by atoms with E-state index in [9.17, 15) is 19.2 Å². The Labute approximate surface area is 165 Å². The number of hydrogen-bond acceptors (Lipinski definition) is 5. The van der Waals surface area contributed by atoms with Crippen molar-refractivity contribution in [2.24, 2.45) is 0 Å². The Kier molecular flexibility index (Phi) is 7.58. The first kappa shape index (κ1) is 21.0. The molecule has 0 aliphatic rings. The van der Waals surface area contributed by atoms with Gasteiger partial charge < -0.3 is 20.8 Å². The predicted molar refractivity (Wildman–Crippen MR) is 105 cm³/mol. The second-order valence-corrected chi connectivity index (χ2v) is 6.74. The van der Waals surface area contributed by atoms with Gasteiger partial charge in [0.25, 0.3) is 0 Å². The van der Waals surface area contributed by atoms with Crippen molar-refractivity contribution in [2.75, 3.05) is 16.4 Å². The minimum Gasteiger partial charge on any atom is -0.481 e. The highest BCUT2D eigenvalue weighted by Crippen LogP contribution is 2.21. The number of carbonyl (C=O) groups excluding carboxylic acids is 2. The van der Waals surface area contributed by atoms with Gasteiger partial charge in [0.1, 0.15) is 0 Å². The number of hydrogen-bond donors (Lipinski definition) is 4. The highest BCUT2D eigenvalue weighted by Gasteiger charge is 2.08. The van der Waals surface area contributed by atoms with E-state index in [0.29, 0.717) is 11.4 Å². The Bertz CT molecular complexity index is 882. The summed E-state index contributed by atoms with van der Waals surface area (Å²) in [5, 5.41) is 22.8. The Morgan fingerprint density at radius 2 is 1.50 bits per heavy atom. The van der Waals surface area contributed by atoms with Gasteiger partial charge in [-0.2, -0.15) is 0 Å². The van der Waals surface area contributed by atoms with Crippen molar-refractivity contribution >= 4 is 46.9 Å². The maximum Gasteiger partial charge on any atom is 0.335 e. The van der Waals surface area contributed by atoms with Crippen molar-refractivity contribution in [1.82, 2.24) is 0 Å². The lowest BCUT2D eigenvalue weighted by atomic mass is 10.2. The number of carboxylic acids is 2. The second-order valence-electron chi connectivity index (χ2n) is 5.69. The summed E-state index contributed by atoms with van der Waals surface area (Å²) >= 11 is 1.28. The van der Waals surface area contributed by atoms with Crippen molar-refractivity contribution in [3.8, 4) is 0 Å². The van der Waals surface area contributed by atoms with E-state index in [1.165, 1.54) is 23.9 Å². The first-order valence-electron chi connectivity index (χ1n) is 8.21. The summed E-state index contributed by atoms with van der Waals surface area (Å²) in [5.41, 5.74) is 1.03. The number of rotatable bonds is 9. The summed E-state index contributed by atoms with van der Waals surface area (Å²) < 4.78 is 0. The van der Waals surface area contributed by atoms with E-state index in [1.54, 1.807) is 36.4 Å². The first-order valence-corrected chi connectivity index (χ1v) is 9.20. The highest BCUT2D eigenvalue weighted by molar-refractivity contribution is 8.00. The van der Waals surface area contributed by atoms with E-state index in [2.05, 4.69) is 10.6 Å². The molecule has 9 heteroatoms. The third-order valence-electron chi connectivity index (χ3n) is 3.47. The van der Waals surface area contributed by atoms with Crippen LogP contribution in [-0.2, 0) is 14.4 Å². The van der Waals surface area contributed by atoms with Crippen molar-refractivity contribution < 1.29 is 29.4 Å². The summed E-state index contributed by atoms with van der Waals surface area (Å²) in [6.07, 6.45) is -0.334. The Balaban J connectivity index is 1.81. The zero-order valence-electron chi connectivity index (χ0n) is 14.7. The molecule has 146 valence electrons. The van der Waals surface area contributed by atoms with Gasteiger partial charge in [-0.25, -0.2) is 4.79 Å². The number of aliphatic carboxylic acids is 1. The zero-order chi connectivity index (χ0) is 20.5. The molecule has 8 nitrogen and oxygen atoms in total. The fourth-order valence-corrected chi connectivity index (χ4v) is 2.85. The molecule has 2 rings (SSSR count). The van der Waals surface area contributed by atoms with Gasteiger partial charge in [-0.1, -0.05) is 6.07 Å². The van der Waals surface area contributed by atoms with Crippen LogP contribution in [0.15, 0.2) is 53.4 Å². The zero-order valence-corrected chi connectivity index (χ0v) is 15.5. The van der Waals surface area contributed by atoms with Gasteiger partial charge in [0.15, 0.2) is 0 Å². The molecule has 0 atom stereocenters. The third kappa shape index (κ3) is 7.12. The van der Waals surface area contributed by atoms with Crippen molar-refractivity contribution in [2.45, 2.75) is 17.7 Å². The first-order chi connectivity index (χ1) is 13.3. The van der Waals surface area contributed by atoms with E-state index in [4.69, 9.17) is 10.2 Å². The summed E-state index contributed by atoms with van der Waals surface area (Å²) in [6.45, 7) is 0. The molecule has 0 aliphatic carbocycles. The average molecular weight is 402 g/mol. The van der Waals surface area contributed by atoms with E-state index >= 15 is 0 Å². The van der Waals surface area contributed by atoms with E-state index in [1.807, 2.05) is 0 Å². The summed E-state index contributed by atoms with van der Waals surface area (Å²) in [7, 11) is 0. The lowest BCUT2D eigenvalue weighted by Gasteiger charge is -2.07. The quantitative estimate of drug-likeness (QED) is 0.474. The number of benzene rings is 2. The molecule has 0 heterocycles. The SMILES string of the molecule is O=C(O)CCC(=O)Nc1ccc(SCC(=O)Nc2cccc(C(=O)O)c2)cc1. The molecule has 0 radical (unpaired) electrons. The topological polar surface area (TPSA) is 133 Å². The van der Waals surface area contributed by atoms with E-state index < -0.39 is 11.9 Å². The molecule has 0 fully saturated rings. The van der Waals surface area contributed by atoms with E-state index in [-0.39, 0.29) is 36.0 Å². The number of amides is 2. The second kappa shape index (κ2) is 10.1. The molecule has 0 aliphatic heterocycles. The number of anilines is 2. The van der Waals surface area contributed by atoms with Crippen LogP contribution in [0.4, 0.5) is 11.4 Å². The van der Waals surface area contributed by atoms with Gasteiger partial charge in [0, 0.05) is 22.7 Å². The largest absolute Gasteiger partial charge is 0.481 e. The average Bonchev–Trinajstić information content (AvgIpc) is 2.66. The molecule has 2 aromatic carbocycles. The van der Waals surface area contributed by atoms with Crippen LogP contribution in [0.1, 0.15) is 23.2 Å². The molecule has 2 amide bonds. The highest BCUT2D eigenvalue weighted by atomic mass is 32.2. The van der Waals surface area contributed by atoms with Gasteiger partial charge in [0.05, 0.1) is 17.7 Å². The minimum absolute atomic E-state index is 0.0893. The van der Waals surface area contributed by atoms with Gasteiger partial charge in [-0.3, -0.25) is 14.4 Å². The maximum atomic E-state index is 12.0. The number of nitrogens with one attached hydrogen (secondary N) is 2. The number of carbonyl (C=O) groups is 4. The lowest BCUT2D eigenvalue weighted by molar-refractivity contribution is -0.138. The summed E-state index contributed by atoms with van der Waals surface area (Å²) in [6, 6.07) is 12.8. The molecule has 28 heavy (non-hydrogen) atoms. The van der Waals surface area contributed by atoms with Gasteiger partial charge >= 0.3 is 11.9 Å². The molecular formula is C19H18N2O6S. The Hall–Kier alpha value is -3.33. The van der Waals surface area contributed by atoms with Gasteiger partial charge in [0.2, 0.25) is 11.8 Å². The van der Waals surface area contributed by atoms with Crippen LogP contribution in [-0.4, -0.2) is 39.7 Å². The molecule has 0 unspecified atom stereocenters. The summed E-state index contributed by atoms with van der Waals surface area (Å²) in [4.78, 5) is 45.8. The fraction of sp³-hybridized carbons (Fsp3) is 0.158. The molecule has 0 spiro atoms. The van der Waals surface area contributed by atoms with Crippen LogP contribution in [0, 0.1) is 0 Å². The van der Waals surface area contributed by atoms with Crippen LogP contribution >= 0.6 is 11.8 Å². The Morgan fingerprint density at radius 1 is 0.821 bits per heavy atom. The maximum absolute atomic E-state index is 12.0.